The quantitative estimate of drug-likeness (QED) is 0.341. The maximum Gasteiger partial charge on any atom is 0.343 e. The molecule has 0 fully saturated rings. The van der Waals surface area contributed by atoms with Gasteiger partial charge in [0.25, 0.3) is 0 Å². The van der Waals surface area contributed by atoms with Gasteiger partial charge in [0.05, 0.1) is 5.56 Å². The molecule has 2 aromatic carbocycles. The number of hydrogen-bond acceptors (Lipinski definition) is 4. The number of rotatable bonds is 10. The zero-order valence-electron chi connectivity index (χ0n) is 15.6. The topological polar surface area (TPSA) is 83.8 Å². The number of phenols is 1. The van der Waals surface area contributed by atoms with E-state index >= 15 is 0 Å². The monoisotopic (exact) mass is 370 g/mol. The minimum absolute atomic E-state index is 0.0515. The van der Waals surface area contributed by atoms with Gasteiger partial charge in [0.2, 0.25) is 0 Å². The molecule has 0 aliphatic carbocycles. The molecule has 27 heavy (non-hydrogen) atoms. The van der Waals surface area contributed by atoms with E-state index in [1.54, 1.807) is 30.3 Å². The molecule has 0 amide bonds. The molecule has 0 unspecified atom stereocenters. The van der Waals surface area contributed by atoms with E-state index in [0.717, 1.165) is 25.7 Å². The summed E-state index contributed by atoms with van der Waals surface area (Å²) in [7, 11) is 0. The number of carbonyl (C=O) groups is 2. The van der Waals surface area contributed by atoms with Crippen molar-refractivity contribution in [2.24, 2.45) is 0 Å². The standard InChI is InChI=1S/C22H26O5/c1-2-3-4-5-6-10-13-17-19(23)15-14-18(21(24)25)20(17)27-22(26)16-11-8-7-9-12-16/h7-9,11-12,14-15,23H,2-6,10,13H2,1H3,(H,24,25). The highest BCUT2D eigenvalue weighted by Crippen LogP contribution is 2.34. The van der Waals surface area contributed by atoms with Crippen LogP contribution in [0.5, 0.6) is 11.5 Å². The second kappa shape index (κ2) is 10.4. The van der Waals surface area contributed by atoms with Crippen molar-refractivity contribution in [3.8, 4) is 11.5 Å². The van der Waals surface area contributed by atoms with Crippen LogP contribution in [0.1, 0.15) is 71.7 Å². The van der Waals surface area contributed by atoms with Gasteiger partial charge in [-0.05, 0) is 37.1 Å². The number of phenolic OH excluding ortho intramolecular Hbond substituents is 1. The van der Waals surface area contributed by atoms with Gasteiger partial charge in [0.15, 0.2) is 5.75 Å². The average Bonchev–Trinajstić information content (AvgIpc) is 2.66. The molecule has 0 saturated carbocycles. The number of benzene rings is 2. The SMILES string of the molecule is CCCCCCCCc1c(O)ccc(C(=O)O)c1OC(=O)c1ccccc1. The minimum atomic E-state index is -1.20. The first-order valence-electron chi connectivity index (χ1n) is 9.40. The third-order valence-electron chi connectivity index (χ3n) is 4.45. The summed E-state index contributed by atoms with van der Waals surface area (Å²) in [6.07, 6.45) is 6.83. The molecule has 2 aromatic rings. The zero-order chi connectivity index (χ0) is 19.6. The van der Waals surface area contributed by atoms with Crippen LogP contribution in [-0.2, 0) is 6.42 Å². The second-order valence-electron chi connectivity index (χ2n) is 6.52. The number of carbonyl (C=O) groups excluding carboxylic acids is 1. The van der Waals surface area contributed by atoms with Crippen molar-refractivity contribution in [1.29, 1.82) is 0 Å². The number of aromatic hydroxyl groups is 1. The molecule has 0 saturated heterocycles. The van der Waals surface area contributed by atoms with Gasteiger partial charge in [0, 0.05) is 5.56 Å². The van der Waals surface area contributed by atoms with E-state index in [1.807, 2.05) is 0 Å². The third-order valence-corrected chi connectivity index (χ3v) is 4.45. The fraction of sp³-hybridized carbons (Fsp3) is 0.364. The van der Waals surface area contributed by atoms with Gasteiger partial charge in [-0.1, -0.05) is 57.2 Å². The van der Waals surface area contributed by atoms with Crippen molar-refractivity contribution < 1.29 is 24.5 Å². The Morgan fingerprint density at radius 2 is 1.59 bits per heavy atom. The van der Waals surface area contributed by atoms with E-state index in [-0.39, 0.29) is 17.1 Å². The van der Waals surface area contributed by atoms with Gasteiger partial charge >= 0.3 is 11.9 Å². The molecule has 144 valence electrons. The van der Waals surface area contributed by atoms with E-state index < -0.39 is 11.9 Å². The number of ether oxygens (including phenoxy) is 1. The summed E-state index contributed by atoms with van der Waals surface area (Å²) in [5.74, 6) is -1.96. The highest BCUT2D eigenvalue weighted by molar-refractivity contribution is 5.96. The number of hydrogen-bond donors (Lipinski definition) is 2. The average molecular weight is 370 g/mol. The highest BCUT2D eigenvalue weighted by atomic mass is 16.5. The summed E-state index contributed by atoms with van der Waals surface area (Å²) in [5, 5.41) is 19.7. The molecular weight excluding hydrogens is 344 g/mol. The summed E-state index contributed by atoms with van der Waals surface area (Å²) >= 11 is 0. The number of esters is 1. The maximum atomic E-state index is 12.4. The molecule has 0 heterocycles. The van der Waals surface area contributed by atoms with E-state index in [0.29, 0.717) is 17.5 Å². The van der Waals surface area contributed by atoms with E-state index in [1.165, 1.54) is 25.0 Å². The molecule has 5 heteroatoms. The highest BCUT2D eigenvalue weighted by Gasteiger charge is 2.22. The van der Waals surface area contributed by atoms with Gasteiger partial charge in [-0.25, -0.2) is 9.59 Å². The Bertz CT molecular complexity index is 768. The lowest BCUT2D eigenvalue weighted by Gasteiger charge is -2.14. The van der Waals surface area contributed by atoms with E-state index in [2.05, 4.69) is 6.92 Å². The molecule has 0 aromatic heterocycles. The number of carboxylic acid groups (broad SMARTS) is 1. The maximum absolute atomic E-state index is 12.4. The first-order valence-corrected chi connectivity index (χ1v) is 9.40. The zero-order valence-corrected chi connectivity index (χ0v) is 15.6. The van der Waals surface area contributed by atoms with Crippen LogP contribution < -0.4 is 4.74 Å². The summed E-state index contributed by atoms with van der Waals surface area (Å²) in [6.45, 7) is 2.16. The van der Waals surface area contributed by atoms with E-state index in [9.17, 15) is 19.8 Å². The molecule has 0 aliphatic rings. The van der Waals surface area contributed by atoms with Gasteiger partial charge in [0.1, 0.15) is 11.3 Å². The normalized spacial score (nSPS) is 10.6. The molecule has 2 N–H and O–H groups in total. The van der Waals surface area contributed by atoms with Crippen molar-refractivity contribution in [2.45, 2.75) is 51.9 Å². The van der Waals surface area contributed by atoms with Crippen LogP contribution in [-0.4, -0.2) is 22.2 Å². The molecule has 0 bridgehead atoms. The summed E-state index contributed by atoms with van der Waals surface area (Å²) in [5.41, 5.74) is 0.565. The minimum Gasteiger partial charge on any atom is -0.508 e. The Morgan fingerprint density at radius 1 is 0.926 bits per heavy atom. The van der Waals surface area contributed by atoms with Crippen molar-refractivity contribution >= 4 is 11.9 Å². The molecule has 5 nitrogen and oxygen atoms in total. The van der Waals surface area contributed by atoms with E-state index in [4.69, 9.17) is 4.74 Å². The van der Waals surface area contributed by atoms with Crippen LogP contribution in [0.2, 0.25) is 0 Å². The second-order valence-corrected chi connectivity index (χ2v) is 6.52. The van der Waals surface area contributed by atoms with Crippen molar-refractivity contribution in [3.05, 3.63) is 59.2 Å². The number of unbranched alkanes of at least 4 members (excludes halogenated alkanes) is 5. The van der Waals surface area contributed by atoms with Crippen LogP contribution in [0.25, 0.3) is 0 Å². The fourth-order valence-corrected chi connectivity index (χ4v) is 2.95. The molecule has 2 rings (SSSR count). The van der Waals surface area contributed by atoms with Crippen LogP contribution in [0.15, 0.2) is 42.5 Å². The van der Waals surface area contributed by atoms with Crippen molar-refractivity contribution in [3.63, 3.8) is 0 Å². The first kappa shape index (κ1) is 20.5. The first-order chi connectivity index (χ1) is 13.0. The largest absolute Gasteiger partial charge is 0.508 e. The molecule has 0 atom stereocenters. The predicted molar refractivity (Wildman–Crippen MR) is 104 cm³/mol. The van der Waals surface area contributed by atoms with Gasteiger partial charge in [-0.2, -0.15) is 0 Å². The molecule has 0 radical (unpaired) electrons. The molecular formula is C22H26O5. The van der Waals surface area contributed by atoms with Crippen LogP contribution in [0.3, 0.4) is 0 Å². The van der Waals surface area contributed by atoms with Gasteiger partial charge < -0.3 is 14.9 Å². The Kier molecular flexibility index (Phi) is 7.86. The predicted octanol–water partition coefficient (Wildman–Crippen LogP) is 5.21. The van der Waals surface area contributed by atoms with Crippen molar-refractivity contribution in [2.75, 3.05) is 0 Å². The fourth-order valence-electron chi connectivity index (χ4n) is 2.95. The van der Waals surface area contributed by atoms with Crippen LogP contribution in [0.4, 0.5) is 0 Å². The van der Waals surface area contributed by atoms with Gasteiger partial charge in [-0.3, -0.25) is 0 Å². The summed E-state index contributed by atoms with van der Waals surface area (Å²) in [4.78, 5) is 24.0. The lowest BCUT2D eigenvalue weighted by Crippen LogP contribution is -2.13. The Labute approximate surface area is 159 Å². The Balaban J connectivity index is 2.20. The summed E-state index contributed by atoms with van der Waals surface area (Å²) < 4.78 is 5.42. The van der Waals surface area contributed by atoms with Crippen LogP contribution in [0, 0.1) is 0 Å². The summed E-state index contributed by atoms with van der Waals surface area (Å²) in [6, 6.07) is 11.0. The number of carboxylic acids is 1. The Hall–Kier alpha value is -2.82. The third kappa shape index (κ3) is 5.84. The molecule has 0 spiro atoms. The van der Waals surface area contributed by atoms with Gasteiger partial charge in [-0.15, -0.1) is 0 Å². The Morgan fingerprint density at radius 3 is 2.26 bits per heavy atom. The number of aromatic carboxylic acids is 1. The lowest BCUT2D eigenvalue weighted by molar-refractivity contribution is 0.0680. The van der Waals surface area contributed by atoms with Crippen LogP contribution >= 0.6 is 0 Å². The molecule has 0 aliphatic heterocycles. The lowest BCUT2D eigenvalue weighted by atomic mass is 10.0. The van der Waals surface area contributed by atoms with Crippen molar-refractivity contribution in [1.82, 2.24) is 0 Å². The smallest absolute Gasteiger partial charge is 0.343 e.